The number of nitrogens with zero attached hydrogens (tertiary/aromatic N) is 2. The molecule has 2 rings (SSSR count). The van der Waals surface area contributed by atoms with Crippen LogP contribution in [0.1, 0.15) is 24.2 Å². The summed E-state index contributed by atoms with van der Waals surface area (Å²) in [6.07, 6.45) is 2.87. The average molecular weight is 259 g/mol. The Balaban J connectivity index is 2.21. The van der Waals surface area contributed by atoms with Gasteiger partial charge >= 0.3 is 0 Å². The van der Waals surface area contributed by atoms with Crippen LogP contribution in [0.5, 0.6) is 0 Å². The number of carbonyl (C=O) groups excluding carboxylic acids is 1. The smallest absolute Gasteiger partial charge is 0.254 e. The van der Waals surface area contributed by atoms with Crippen molar-refractivity contribution in [1.82, 2.24) is 15.3 Å². The molecule has 0 saturated carbocycles. The van der Waals surface area contributed by atoms with Gasteiger partial charge in [-0.15, -0.1) is 0 Å². The molecule has 5 heteroatoms. The van der Waals surface area contributed by atoms with E-state index >= 15 is 0 Å². The number of hydrogen-bond acceptors (Lipinski definition) is 3. The van der Waals surface area contributed by atoms with Gasteiger partial charge in [-0.2, -0.15) is 0 Å². The van der Waals surface area contributed by atoms with E-state index in [9.17, 15) is 9.18 Å². The van der Waals surface area contributed by atoms with E-state index in [1.54, 1.807) is 12.1 Å². The van der Waals surface area contributed by atoms with Gasteiger partial charge in [-0.3, -0.25) is 4.79 Å². The Morgan fingerprint density at radius 1 is 1.26 bits per heavy atom. The van der Waals surface area contributed by atoms with E-state index < -0.39 is 0 Å². The Morgan fingerprint density at radius 2 is 1.95 bits per heavy atom. The monoisotopic (exact) mass is 259 g/mol. The van der Waals surface area contributed by atoms with Crippen molar-refractivity contribution in [2.75, 3.05) is 0 Å². The predicted molar refractivity (Wildman–Crippen MR) is 70.0 cm³/mol. The molecule has 1 N–H and O–H groups in total. The minimum absolute atomic E-state index is 0.0513. The number of aromatic nitrogens is 2. The van der Waals surface area contributed by atoms with E-state index in [0.717, 1.165) is 0 Å². The van der Waals surface area contributed by atoms with Crippen molar-refractivity contribution in [2.24, 2.45) is 0 Å². The molecule has 0 fully saturated rings. The lowest BCUT2D eigenvalue weighted by Crippen LogP contribution is -2.30. The van der Waals surface area contributed by atoms with Crippen molar-refractivity contribution in [1.29, 1.82) is 0 Å². The van der Waals surface area contributed by atoms with E-state index in [2.05, 4.69) is 15.3 Å². The molecule has 4 nitrogen and oxygen atoms in total. The van der Waals surface area contributed by atoms with Crippen LogP contribution in [0.4, 0.5) is 4.39 Å². The van der Waals surface area contributed by atoms with E-state index in [4.69, 9.17) is 0 Å². The first-order valence-electron chi connectivity index (χ1n) is 5.95. The maximum absolute atomic E-state index is 13.1. The second-order valence-corrected chi connectivity index (χ2v) is 4.43. The van der Waals surface area contributed by atoms with Gasteiger partial charge in [-0.25, -0.2) is 14.4 Å². The zero-order valence-corrected chi connectivity index (χ0v) is 10.7. The third-order valence-electron chi connectivity index (χ3n) is 2.42. The van der Waals surface area contributed by atoms with Gasteiger partial charge in [0.05, 0.1) is 5.56 Å². The highest BCUT2D eigenvalue weighted by molar-refractivity contribution is 5.93. The Kier molecular flexibility index (Phi) is 3.85. The van der Waals surface area contributed by atoms with E-state index in [-0.39, 0.29) is 17.8 Å². The van der Waals surface area contributed by atoms with Crippen molar-refractivity contribution in [3.8, 4) is 11.4 Å². The van der Waals surface area contributed by atoms with Gasteiger partial charge < -0.3 is 5.32 Å². The zero-order chi connectivity index (χ0) is 13.8. The van der Waals surface area contributed by atoms with Gasteiger partial charge in [-0.1, -0.05) is 12.1 Å². The van der Waals surface area contributed by atoms with Crippen molar-refractivity contribution in [3.63, 3.8) is 0 Å². The summed E-state index contributed by atoms with van der Waals surface area (Å²) >= 11 is 0. The minimum Gasteiger partial charge on any atom is -0.350 e. The van der Waals surface area contributed by atoms with Crippen LogP contribution in [0.2, 0.25) is 0 Å². The highest BCUT2D eigenvalue weighted by Crippen LogP contribution is 2.15. The van der Waals surface area contributed by atoms with Crippen LogP contribution in [0.15, 0.2) is 36.7 Å². The molecular weight excluding hydrogens is 245 g/mol. The molecule has 0 saturated heterocycles. The maximum Gasteiger partial charge on any atom is 0.254 e. The first-order chi connectivity index (χ1) is 9.06. The molecule has 2 aromatic rings. The third kappa shape index (κ3) is 3.34. The molecule has 0 unspecified atom stereocenters. The van der Waals surface area contributed by atoms with Crippen molar-refractivity contribution >= 4 is 5.91 Å². The summed E-state index contributed by atoms with van der Waals surface area (Å²) in [4.78, 5) is 19.9. The lowest BCUT2D eigenvalue weighted by atomic mass is 10.2. The molecule has 1 heterocycles. The summed E-state index contributed by atoms with van der Waals surface area (Å²) in [5.41, 5.74) is 0.963. The largest absolute Gasteiger partial charge is 0.350 e. The predicted octanol–water partition coefficient (Wildman–Crippen LogP) is 2.42. The van der Waals surface area contributed by atoms with Crippen molar-refractivity contribution < 1.29 is 9.18 Å². The van der Waals surface area contributed by atoms with Gasteiger partial charge in [0.1, 0.15) is 5.82 Å². The molecule has 1 aromatic heterocycles. The Hall–Kier alpha value is -2.30. The summed E-state index contributed by atoms with van der Waals surface area (Å²) in [6.45, 7) is 3.75. The number of halogens is 1. The Bertz CT molecular complexity index is 581. The van der Waals surface area contributed by atoms with Crippen molar-refractivity contribution in [3.05, 3.63) is 48.0 Å². The number of benzene rings is 1. The number of hydrogen-bond donors (Lipinski definition) is 1. The van der Waals surface area contributed by atoms with Crippen LogP contribution in [0.3, 0.4) is 0 Å². The topological polar surface area (TPSA) is 54.9 Å². The normalized spacial score (nSPS) is 10.5. The van der Waals surface area contributed by atoms with Gasteiger partial charge in [0.2, 0.25) is 0 Å². The first kappa shape index (κ1) is 13.1. The van der Waals surface area contributed by atoms with Crippen LogP contribution in [0.25, 0.3) is 11.4 Å². The summed E-state index contributed by atoms with van der Waals surface area (Å²) in [5, 5.41) is 2.75. The number of amides is 1. The molecule has 19 heavy (non-hydrogen) atoms. The molecule has 1 aromatic carbocycles. The molecule has 0 radical (unpaired) electrons. The highest BCUT2D eigenvalue weighted by atomic mass is 19.1. The fraction of sp³-hybridized carbons (Fsp3) is 0.214. The van der Waals surface area contributed by atoms with Crippen LogP contribution in [0, 0.1) is 5.82 Å². The summed E-state index contributed by atoms with van der Waals surface area (Å²) in [7, 11) is 0. The van der Waals surface area contributed by atoms with Crippen LogP contribution >= 0.6 is 0 Å². The standard InChI is InChI=1S/C14H14FN3O/c1-9(2)18-14(19)11-7-16-13(17-8-11)10-4-3-5-12(15)6-10/h3-9H,1-2H3,(H,18,19). The lowest BCUT2D eigenvalue weighted by Gasteiger charge is -2.08. The number of rotatable bonds is 3. The maximum atomic E-state index is 13.1. The second-order valence-electron chi connectivity index (χ2n) is 4.43. The average Bonchev–Trinajstić information content (AvgIpc) is 2.38. The fourth-order valence-electron chi connectivity index (χ4n) is 1.57. The molecule has 0 bridgehead atoms. The zero-order valence-electron chi connectivity index (χ0n) is 10.7. The third-order valence-corrected chi connectivity index (χ3v) is 2.42. The van der Waals surface area contributed by atoms with Crippen LogP contribution < -0.4 is 5.32 Å². The summed E-state index contributed by atoms with van der Waals surface area (Å²) in [5.74, 6) is -0.177. The van der Waals surface area contributed by atoms with Crippen molar-refractivity contribution in [2.45, 2.75) is 19.9 Å². The van der Waals surface area contributed by atoms with E-state index in [1.807, 2.05) is 13.8 Å². The molecule has 0 spiro atoms. The Labute approximate surface area is 110 Å². The number of nitrogens with one attached hydrogen (secondary N) is 1. The number of carbonyl (C=O) groups is 1. The molecule has 0 aliphatic rings. The molecular formula is C14H14FN3O. The minimum atomic E-state index is -0.345. The summed E-state index contributed by atoms with van der Waals surface area (Å²) < 4.78 is 13.1. The van der Waals surface area contributed by atoms with Gasteiger partial charge in [0, 0.05) is 24.0 Å². The molecule has 1 amide bonds. The molecule has 0 atom stereocenters. The lowest BCUT2D eigenvalue weighted by molar-refractivity contribution is 0.0942. The molecule has 98 valence electrons. The van der Waals surface area contributed by atoms with Gasteiger partial charge in [0.25, 0.3) is 5.91 Å². The quantitative estimate of drug-likeness (QED) is 0.921. The summed E-state index contributed by atoms with van der Waals surface area (Å²) in [6, 6.07) is 6.06. The highest BCUT2D eigenvalue weighted by Gasteiger charge is 2.09. The van der Waals surface area contributed by atoms with Crippen LogP contribution in [-0.2, 0) is 0 Å². The first-order valence-corrected chi connectivity index (χ1v) is 5.95. The van der Waals surface area contributed by atoms with Gasteiger partial charge in [0.15, 0.2) is 5.82 Å². The van der Waals surface area contributed by atoms with Gasteiger partial charge in [-0.05, 0) is 26.0 Å². The second kappa shape index (κ2) is 5.56. The Morgan fingerprint density at radius 3 is 2.53 bits per heavy atom. The van der Waals surface area contributed by atoms with E-state index in [0.29, 0.717) is 17.0 Å². The molecule has 0 aliphatic heterocycles. The fourth-order valence-corrected chi connectivity index (χ4v) is 1.57. The van der Waals surface area contributed by atoms with Crippen LogP contribution in [-0.4, -0.2) is 21.9 Å². The SMILES string of the molecule is CC(C)NC(=O)c1cnc(-c2cccc(F)c2)nc1. The van der Waals surface area contributed by atoms with E-state index in [1.165, 1.54) is 24.5 Å². The molecule has 0 aliphatic carbocycles.